The molecule has 4 rings (SSSR count). The summed E-state index contributed by atoms with van der Waals surface area (Å²) in [6.45, 7) is 1.89. The Morgan fingerprint density at radius 1 is 1.07 bits per heavy atom. The van der Waals surface area contributed by atoms with Gasteiger partial charge in [0, 0.05) is 11.9 Å². The van der Waals surface area contributed by atoms with Crippen LogP contribution in [0.15, 0.2) is 59.5 Å². The monoisotopic (exact) mass is 392 g/mol. The van der Waals surface area contributed by atoms with E-state index in [0.717, 1.165) is 11.4 Å². The Morgan fingerprint density at radius 3 is 2.71 bits per heavy atom. The fourth-order valence-electron chi connectivity index (χ4n) is 2.88. The molecule has 1 aromatic carbocycles. The van der Waals surface area contributed by atoms with Crippen LogP contribution in [-0.4, -0.2) is 19.5 Å². The summed E-state index contributed by atoms with van der Waals surface area (Å²) in [6, 6.07) is 12.9. The van der Waals surface area contributed by atoms with Crippen LogP contribution in [0.4, 0.5) is 4.39 Å². The van der Waals surface area contributed by atoms with E-state index in [1.807, 2.05) is 25.1 Å². The molecule has 7 heteroatoms. The van der Waals surface area contributed by atoms with E-state index < -0.39 is 11.4 Å². The van der Waals surface area contributed by atoms with E-state index in [1.54, 1.807) is 24.3 Å². The zero-order valence-corrected chi connectivity index (χ0v) is 15.6. The van der Waals surface area contributed by atoms with Crippen LogP contribution in [0.1, 0.15) is 17.2 Å². The van der Waals surface area contributed by atoms with Crippen LogP contribution in [0.25, 0.3) is 28.7 Å². The molecule has 0 saturated carbocycles. The third-order valence-electron chi connectivity index (χ3n) is 4.15. The van der Waals surface area contributed by atoms with Gasteiger partial charge in [-0.25, -0.2) is 14.4 Å². The fourth-order valence-corrected chi connectivity index (χ4v) is 3.08. The molecule has 0 aliphatic carbocycles. The number of hydrogen-bond acceptors (Lipinski definition) is 4. The fraction of sp³-hybridized carbons (Fsp3) is 0.0476. The molecular formula is C21H14ClFN4O. The number of aromatic nitrogens is 4. The Kier molecular flexibility index (Phi) is 4.71. The number of nitrogens with zero attached hydrogens (tertiary/aromatic N) is 4. The molecule has 0 aliphatic heterocycles. The van der Waals surface area contributed by atoms with Gasteiger partial charge in [0.25, 0.3) is 5.56 Å². The summed E-state index contributed by atoms with van der Waals surface area (Å²) < 4.78 is 15.0. The van der Waals surface area contributed by atoms with Crippen molar-refractivity contribution >= 4 is 34.7 Å². The number of halogens is 2. The van der Waals surface area contributed by atoms with E-state index >= 15 is 0 Å². The van der Waals surface area contributed by atoms with Crippen LogP contribution in [-0.2, 0) is 0 Å². The molecule has 0 atom stereocenters. The van der Waals surface area contributed by atoms with Crippen LogP contribution in [0.2, 0.25) is 5.15 Å². The van der Waals surface area contributed by atoms with Crippen LogP contribution in [0.3, 0.4) is 0 Å². The van der Waals surface area contributed by atoms with Gasteiger partial charge in [0.1, 0.15) is 11.6 Å². The molecule has 4 aromatic rings. The van der Waals surface area contributed by atoms with Crippen LogP contribution < -0.4 is 5.56 Å². The summed E-state index contributed by atoms with van der Waals surface area (Å²) in [7, 11) is 0. The van der Waals surface area contributed by atoms with Gasteiger partial charge < -0.3 is 0 Å². The summed E-state index contributed by atoms with van der Waals surface area (Å²) in [6.07, 6.45) is 4.96. The Hall–Kier alpha value is -3.38. The van der Waals surface area contributed by atoms with Gasteiger partial charge in [0.15, 0.2) is 5.15 Å². The molecule has 5 nitrogen and oxygen atoms in total. The summed E-state index contributed by atoms with van der Waals surface area (Å²) in [5.41, 5.74) is 1.91. The molecule has 3 aromatic heterocycles. The van der Waals surface area contributed by atoms with E-state index in [2.05, 4.69) is 15.0 Å². The van der Waals surface area contributed by atoms with Crippen LogP contribution >= 0.6 is 11.6 Å². The Bertz CT molecular complexity index is 1280. The van der Waals surface area contributed by atoms with Crippen molar-refractivity contribution in [3.8, 4) is 5.69 Å². The van der Waals surface area contributed by atoms with Crippen LogP contribution in [0, 0.1) is 12.7 Å². The van der Waals surface area contributed by atoms with E-state index in [4.69, 9.17) is 11.6 Å². The second kappa shape index (κ2) is 7.32. The largest absolute Gasteiger partial charge is 0.268 e. The van der Waals surface area contributed by atoms with Crippen molar-refractivity contribution in [3.05, 3.63) is 93.3 Å². The summed E-state index contributed by atoms with van der Waals surface area (Å²) >= 11 is 6.21. The number of benzene rings is 1. The third-order valence-corrected chi connectivity index (χ3v) is 4.44. The highest BCUT2D eigenvalue weighted by Crippen LogP contribution is 2.20. The van der Waals surface area contributed by atoms with E-state index in [0.29, 0.717) is 17.0 Å². The van der Waals surface area contributed by atoms with Gasteiger partial charge in [-0.05, 0) is 61.5 Å². The number of fused-ring (bicyclic) bond motifs is 1. The summed E-state index contributed by atoms with van der Waals surface area (Å²) in [5.74, 6) is -0.176. The molecule has 0 amide bonds. The van der Waals surface area contributed by atoms with Gasteiger partial charge in [-0.3, -0.25) is 14.3 Å². The van der Waals surface area contributed by atoms with Gasteiger partial charge in [-0.2, -0.15) is 0 Å². The molecule has 0 unspecified atom stereocenters. The topological polar surface area (TPSA) is 60.7 Å². The molecule has 138 valence electrons. The first-order valence-electron chi connectivity index (χ1n) is 8.48. The number of aryl methyl sites for hydroxylation is 1. The highest BCUT2D eigenvalue weighted by Gasteiger charge is 2.14. The summed E-state index contributed by atoms with van der Waals surface area (Å²) in [5, 5.41) is 0.302. The SMILES string of the molecule is Cc1cccc(C=Cc2nc3ccc(F)cc3c(=O)n2-c2cccnc2Cl)n1. The molecule has 0 saturated heterocycles. The Morgan fingerprint density at radius 2 is 1.93 bits per heavy atom. The molecular weight excluding hydrogens is 379 g/mol. The first-order chi connectivity index (χ1) is 13.5. The molecule has 0 spiro atoms. The van der Waals surface area contributed by atoms with Gasteiger partial charge >= 0.3 is 0 Å². The van der Waals surface area contributed by atoms with Crippen molar-refractivity contribution in [2.24, 2.45) is 0 Å². The number of rotatable bonds is 3. The van der Waals surface area contributed by atoms with Gasteiger partial charge in [-0.1, -0.05) is 17.7 Å². The standard InChI is InChI=1S/C21H14ClFN4O/c1-13-4-2-5-15(25-13)8-10-19-26-17-9-7-14(23)12-16(17)21(28)27(19)18-6-3-11-24-20(18)22/h2-12H,1H3. The predicted octanol–water partition coefficient (Wildman–Crippen LogP) is 4.45. The minimum Gasteiger partial charge on any atom is -0.268 e. The zero-order chi connectivity index (χ0) is 19.7. The quantitative estimate of drug-likeness (QED) is 0.483. The smallest absolute Gasteiger partial charge is 0.266 e. The number of pyridine rings is 2. The maximum absolute atomic E-state index is 13.7. The first kappa shape index (κ1) is 18.0. The lowest BCUT2D eigenvalue weighted by Gasteiger charge is -2.12. The highest BCUT2D eigenvalue weighted by atomic mass is 35.5. The Balaban J connectivity index is 1.98. The highest BCUT2D eigenvalue weighted by molar-refractivity contribution is 6.31. The van der Waals surface area contributed by atoms with Crippen LogP contribution in [0.5, 0.6) is 0 Å². The minimum absolute atomic E-state index is 0.144. The molecule has 0 aliphatic rings. The number of hydrogen-bond donors (Lipinski definition) is 0. The van der Waals surface area contributed by atoms with Crippen molar-refractivity contribution in [2.75, 3.05) is 0 Å². The average Bonchev–Trinajstić information content (AvgIpc) is 2.68. The lowest BCUT2D eigenvalue weighted by Crippen LogP contribution is -2.23. The van der Waals surface area contributed by atoms with Crippen molar-refractivity contribution in [2.45, 2.75) is 6.92 Å². The first-order valence-corrected chi connectivity index (χ1v) is 8.86. The predicted molar refractivity (Wildman–Crippen MR) is 108 cm³/mol. The molecule has 28 heavy (non-hydrogen) atoms. The third kappa shape index (κ3) is 3.42. The lowest BCUT2D eigenvalue weighted by atomic mass is 10.2. The molecule has 0 N–H and O–H groups in total. The minimum atomic E-state index is -0.512. The van der Waals surface area contributed by atoms with Gasteiger partial charge in [-0.15, -0.1) is 0 Å². The maximum atomic E-state index is 13.7. The summed E-state index contributed by atoms with van der Waals surface area (Å²) in [4.78, 5) is 26.1. The second-order valence-corrected chi connectivity index (χ2v) is 6.48. The van der Waals surface area contributed by atoms with Gasteiger partial charge in [0.2, 0.25) is 0 Å². The lowest BCUT2D eigenvalue weighted by molar-refractivity contribution is 0.629. The van der Waals surface area contributed by atoms with E-state index in [9.17, 15) is 9.18 Å². The van der Waals surface area contributed by atoms with Crippen molar-refractivity contribution in [1.82, 2.24) is 19.5 Å². The van der Waals surface area contributed by atoms with Gasteiger partial charge in [0.05, 0.1) is 22.3 Å². The molecule has 0 fully saturated rings. The van der Waals surface area contributed by atoms with Crippen molar-refractivity contribution < 1.29 is 4.39 Å². The van der Waals surface area contributed by atoms with E-state index in [1.165, 1.54) is 29.0 Å². The van der Waals surface area contributed by atoms with Crippen molar-refractivity contribution in [1.29, 1.82) is 0 Å². The maximum Gasteiger partial charge on any atom is 0.266 e. The molecule has 3 heterocycles. The molecule has 0 radical (unpaired) electrons. The zero-order valence-electron chi connectivity index (χ0n) is 14.8. The normalized spacial score (nSPS) is 11.4. The average molecular weight is 393 g/mol. The van der Waals surface area contributed by atoms with E-state index in [-0.39, 0.29) is 10.5 Å². The second-order valence-electron chi connectivity index (χ2n) is 6.12. The Labute approximate surface area is 164 Å². The molecule has 0 bridgehead atoms. The van der Waals surface area contributed by atoms with Crippen molar-refractivity contribution in [3.63, 3.8) is 0 Å².